The number of carbonyl (C=O) groups excluding carboxylic acids is 1. The summed E-state index contributed by atoms with van der Waals surface area (Å²) in [6.07, 6.45) is 1.54. The van der Waals surface area contributed by atoms with E-state index in [0.29, 0.717) is 33.6 Å². The highest BCUT2D eigenvalue weighted by Crippen LogP contribution is 2.34. The minimum atomic E-state index is -0.544. The van der Waals surface area contributed by atoms with Crippen LogP contribution in [0.3, 0.4) is 0 Å². The van der Waals surface area contributed by atoms with E-state index in [-0.39, 0.29) is 18.4 Å². The molecule has 28 heavy (non-hydrogen) atoms. The zero-order chi connectivity index (χ0) is 19.1. The van der Waals surface area contributed by atoms with E-state index in [1.54, 1.807) is 42.5 Å². The van der Waals surface area contributed by atoms with E-state index in [9.17, 15) is 4.79 Å². The topological polar surface area (TPSA) is 70.3 Å². The Morgan fingerprint density at radius 3 is 2.57 bits per heavy atom. The molecular formula is C21H12ClNO5. The average Bonchev–Trinajstić information content (AvgIpc) is 3.43. The molecule has 0 fully saturated rings. The van der Waals surface area contributed by atoms with Crippen LogP contribution in [-0.2, 0) is 9.53 Å². The second-order valence-electron chi connectivity index (χ2n) is 6.11. The molecule has 138 valence electrons. The van der Waals surface area contributed by atoms with Crippen molar-refractivity contribution >= 4 is 29.5 Å². The SMILES string of the molecule is O=C1OC(c2ccc3c(c2)OCO3)=N/C1=C\c1ccc(-c2ccc(Cl)cc2)o1. The van der Waals surface area contributed by atoms with Crippen molar-refractivity contribution in [2.24, 2.45) is 4.99 Å². The van der Waals surface area contributed by atoms with Crippen LogP contribution in [0.15, 0.2) is 69.7 Å². The lowest BCUT2D eigenvalue weighted by Gasteiger charge is -2.01. The third-order valence-corrected chi connectivity index (χ3v) is 4.53. The molecule has 0 amide bonds. The summed E-state index contributed by atoms with van der Waals surface area (Å²) in [5.41, 5.74) is 1.67. The standard InChI is InChI=1S/C21H12ClNO5/c22-14-4-1-12(2-5-14)17-8-6-15(27-17)10-16-21(24)28-20(23-16)13-3-7-18-19(9-13)26-11-25-18/h1-10H,11H2/b16-10-. The van der Waals surface area contributed by atoms with Crippen LogP contribution in [0, 0.1) is 0 Å². The van der Waals surface area contributed by atoms with Gasteiger partial charge in [0.1, 0.15) is 11.5 Å². The molecule has 2 aliphatic heterocycles. The summed E-state index contributed by atoms with van der Waals surface area (Å²) in [5.74, 6) is 2.06. The molecule has 3 aromatic rings. The second-order valence-corrected chi connectivity index (χ2v) is 6.55. The molecule has 6 nitrogen and oxygen atoms in total. The first-order chi connectivity index (χ1) is 13.7. The Hall–Kier alpha value is -3.51. The number of esters is 1. The summed E-state index contributed by atoms with van der Waals surface area (Å²) >= 11 is 5.91. The summed E-state index contributed by atoms with van der Waals surface area (Å²) < 4.78 is 21.7. The summed E-state index contributed by atoms with van der Waals surface area (Å²) in [7, 11) is 0. The first-order valence-corrected chi connectivity index (χ1v) is 8.82. The molecule has 0 radical (unpaired) electrons. The van der Waals surface area contributed by atoms with Gasteiger partial charge in [0, 0.05) is 22.2 Å². The van der Waals surface area contributed by atoms with Crippen molar-refractivity contribution in [3.63, 3.8) is 0 Å². The number of hydrogen-bond donors (Lipinski definition) is 0. The van der Waals surface area contributed by atoms with Crippen LogP contribution in [-0.4, -0.2) is 18.7 Å². The van der Waals surface area contributed by atoms with E-state index in [4.69, 9.17) is 30.2 Å². The van der Waals surface area contributed by atoms with Crippen molar-refractivity contribution < 1.29 is 23.4 Å². The van der Waals surface area contributed by atoms with E-state index in [1.165, 1.54) is 0 Å². The van der Waals surface area contributed by atoms with Crippen LogP contribution in [0.5, 0.6) is 11.5 Å². The molecule has 3 heterocycles. The lowest BCUT2D eigenvalue weighted by Crippen LogP contribution is -2.05. The highest BCUT2D eigenvalue weighted by Gasteiger charge is 2.26. The van der Waals surface area contributed by atoms with Gasteiger partial charge in [-0.05, 0) is 54.6 Å². The maximum atomic E-state index is 12.2. The third kappa shape index (κ3) is 3.04. The fourth-order valence-corrected chi connectivity index (χ4v) is 3.02. The highest BCUT2D eigenvalue weighted by atomic mass is 35.5. The molecule has 1 aromatic heterocycles. The molecule has 0 saturated carbocycles. The van der Waals surface area contributed by atoms with E-state index < -0.39 is 5.97 Å². The van der Waals surface area contributed by atoms with Crippen LogP contribution >= 0.6 is 11.6 Å². The molecule has 0 atom stereocenters. The molecule has 5 rings (SSSR count). The van der Waals surface area contributed by atoms with Crippen LogP contribution in [0.1, 0.15) is 11.3 Å². The lowest BCUT2D eigenvalue weighted by atomic mass is 10.2. The van der Waals surface area contributed by atoms with Crippen LogP contribution in [0.4, 0.5) is 0 Å². The van der Waals surface area contributed by atoms with Gasteiger partial charge >= 0.3 is 5.97 Å². The van der Waals surface area contributed by atoms with Crippen molar-refractivity contribution in [2.45, 2.75) is 0 Å². The number of aliphatic imine (C=N–C) groups is 1. The number of carbonyl (C=O) groups is 1. The van der Waals surface area contributed by atoms with Crippen LogP contribution < -0.4 is 9.47 Å². The number of nitrogens with zero attached hydrogens (tertiary/aromatic N) is 1. The van der Waals surface area contributed by atoms with Crippen LogP contribution in [0.25, 0.3) is 17.4 Å². The quantitative estimate of drug-likeness (QED) is 0.477. The molecule has 2 aliphatic rings. The normalized spacial score (nSPS) is 16.4. The summed E-state index contributed by atoms with van der Waals surface area (Å²) in [6, 6.07) is 16.1. The van der Waals surface area contributed by atoms with E-state index in [1.807, 2.05) is 18.2 Å². The summed E-state index contributed by atoms with van der Waals surface area (Å²) in [5, 5.41) is 0.650. The monoisotopic (exact) mass is 393 g/mol. The maximum absolute atomic E-state index is 12.2. The fourth-order valence-electron chi connectivity index (χ4n) is 2.90. The maximum Gasteiger partial charge on any atom is 0.363 e. The zero-order valence-corrected chi connectivity index (χ0v) is 15.1. The Labute approximate surface area is 164 Å². The number of halogens is 1. The molecule has 2 aromatic carbocycles. The van der Waals surface area contributed by atoms with Crippen molar-refractivity contribution in [3.05, 3.63) is 76.6 Å². The number of fused-ring (bicyclic) bond motifs is 1. The smallest absolute Gasteiger partial charge is 0.363 e. The molecule has 0 spiro atoms. The third-order valence-electron chi connectivity index (χ3n) is 4.27. The Kier molecular flexibility index (Phi) is 3.91. The fraction of sp³-hybridized carbons (Fsp3) is 0.0476. The van der Waals surface area contributed by atoms with Gasteiger partial charge in [-0.25, -0.2) is 9.79 Å². The van der Waals surface area contributed by atoms with E-state index >= 15 is 0 Å². The van der Waals surface area contributed by atoms with Crippen LogP contribution in [0.2, 0.25) is 5.02 Å². The van der Waals surface area contributed by atoms with Crippen molar-refractivity contribution in [1.29, 1.82) is 0 Å². The van der Waals surface area contributed by atoms with Gasteiger partial charge in [0.2, 0.25) is 12.7 Å². The Balaban J connectivity index is 1.42. The summed E-state index contributed by atoms with van der Waals surface area (Å²) in [6.45, 7) is 0.171. The predicted molar refractivity (Wildman–Crippen MR) is 102 cm³/mol. The molecule has 0 saturated heterocycles. The minimum absolute atomic E-state index is 0.157. The molecule has 0 N–H and O–H groups in total. The number of furan rings is 1. The molecule has 0 unspecified atom stereocenters. The largest absolute Gasteiger partial charge is 0.457 e. The first kappa shape index (κ1) is 16.6. The lowest BCUT2D eigenvalue weighted by molar-refractivity contribution is -0.129. The Morgan fingerprint density at radius 2 is 1.71 bits per heavy atom. The van der Waals surface area contributed by atoms with Gasteiger partial charge in [-0.2, -0.15) is 0 Å². The van der Waals surface area contributed by atoms with Gasteiger partial charge in [-0.3, -0.25) is 0 Å². The van der Waals surface area contributed by atoms with Gasteiger partial charge in [0.15, 0.2) is 17.2 Å². The van der Waals surface area contributed by atoms with E-state index in [2.05, 4.69) is 4.99 Å². The summed E-state index contributed by atoms with van der Waals surface area (Å²) in [4.78, 5) is 16.5. The minimum Gasteiger partial charge on any atom is -0.457 e. The molecule has 0 aliphatic carbocycles. The number of rotatable bonds is 3. The molecule has 0 bridgehead atoms. The number of cyclic esters (lactones) is 1. The van der Waals surface area contributed by atoms with Crippen molar-refractivity contribution in [3.8, 4) is 22.8 Å². The number of ether oxygens (including phenoxy) is 3. The van der Waals surface area contributed by atoms with Crippen molar-refractivity contribution in [1.82, 2.24) is 0 Å². The molecular weight excluding hydrogens is 382 g/mol. The second kappa shape index (κ2) is 6.58. The van der Waals surface area contributed by atoms with Gasteiger partial charge < -0.3 is 18.6 Å². The van der Waals surface area contributed by atoms with Gasteiger partial charge in [-0.15, -0.1) is 0 Å². The van der Waals surface area contributed by atoms with Gasteiger partial charge in [0.05, 0.1) is 0 Å². The Bertz CT molecular complexity index is 1140. The van der Waals surface area contributed by atoms with E-state index in [0.717, 1.165) is 5.56 Å². The average molecular weight is 394 g/mol. The highest BCUT2D eigenvalue weighted by molar-refractivity contribution is 6.30. The van der Waals surface area contributed by atoms with Gasteiger partial charge in [0.25, 0.3) is 0 Å². The first-order valence-electron chi connectivity index (χ1n) is 8.44. The zero-order valence-electron chi connectivity index (χ0n) is 14.3. The predicted octanol–water partition coefficient (Wildman–Crippen LogP) is 4.67. The van der Waals surface area contributed by atoms with Gasteiger partial charge in [-0.1, -0.05) is 11.6 Å². The Morgan fingerprint density at radius 1 is 0.929 bits per heavy atom. The number of benzene rings is 2. The molecule has 7 heteroatoms. The van der Waals surface area contributed by atoms with Crippen molar-refractivity contribution in [2.75, 3.05) is 6.79 Å². The number of hydrogen-bond acceptors (Lipinski definition) is 6.